The summed E-state index contributed by atoms with van der Waals surface area (Å²) in [6.45, 7) is 0. The molecule has 0 aliphatic heterocycles. The lowest BCUT2D eigenvalue weighted by molar-refractivity contribution is 0.103. The van der Waals surface area contributed by atoms with Crippen molar-refractivity contribution in [3.63, 3.8) is 0 Å². The molecule has 0 unspecified atom stereocenters. The molecular formula is C27H26N4O. The van der Waals surface area contributed by atoms with Gasteiger partial charge in [-0.1, -0.05) is 36.4 Å². The third kappa shape index (κ3) is 4.23. The Bertz CT molecular complexity index is 1130. The van der Waals surface area contributed by atoms with Gasteiger partial charge in [-0.3, -0.25) is 14.8 Å². The van der Waals surface area contributed by atoms with Crippen LogP contribution in [-0.2, 0) is 0 Å². The Labute approximate surface area is 189 Å². The number of hydrogen-bond acceptors (Lipinski definition) is 5. The van der Waals surface area contributed by atoms with E-state index in [0.717, 1.165) is 33.6 Å². The zero-order valence-electron chi connectivity index (χ0n) is 18.8. The number of hydrogen-bond donors (Lipinski definition) is 0. The van der Waals surface area contributed by atoms with E-state index in [1.54, 1.807) is 12.4 Å². The van der Waals surface area contributed by atoms with Gasteiger partial charge in [0.15, 0.2) is 0 Å². The maximum Gasteiger partial charge on any atom is 0.230 e. The van der Waals surface area contributed by atoms with Crippen LogP contribution in [0.4, 0.5) is 11.4 Å². The van der Waals surface area contributed by atoms with Crippen LogP contribution in [0.3, 0.4) is 0 Å². The Morgan fingerprint density at radius 2 is 0.969 bits per heavy atom. The second-order valence-corrected chi connectivity index (χ2v) is 8.01. The maximum absolute atomic E-state index is 13.6. The van der Waals surface area contributed by atoms with E-state index < -0.39 is 0 Å². The van der Waals surface area contributed by atoms with Crippen LogP contribution in [0.15, 0.2) is 85.2 Å². The van der Waals surface area contributed by atoms with E-state index in [1.165, 1.54) is 0 Å². The van der Waals surface area contributed by atoms with Crippen molar-refractivity contribution in [1.29, 1.82) is 0 Å². The molecule has 4 rings (SSSR count). The number of pyridine rings is 2. The topological polar surface area (TPSA) is 49.3 Å². The van der Waals surface area contributed by atoms with Gasteiger partial charge in [0.05, 0.1) is 0 Å². The first-order valence-electron chi connectivity index (χ1n) is 10.5. The highest BCUT2D eigenvalue weighted by atomic mass is 16.1. The quantitative estimate of drug-likeness (QED) is 0.401. The van der Waals surface area contributed by atoms with Crippen molar-refractivity contribution in [2.24, 2.45) is 0 Å². The average molecular weight is 423 g/mol. The molecule has 0 spiro atoms. The summed E-state index contributed by atoms with van der Waals surface area (Å²) >= 11 is 0. The normalized spacial score (nSPS) is 10.6. The highest BCUT2D eigenvalue weighted by molar-refractivity contribution is 6.13. The van der Waals surface area contributed by atoms with Crippen molar-refractivity contribution < 1.29 is 4.79 Å². The number of ketones is 1. The van der Waals surface area contributed by atoms with E-state index in [9.17, 15) is 4.79 Å². The van der Waals surface area contributed by atoms with E-state index >= 15 is 0 Å². The van der Waals surface area contributed by atoms with E-state index in [4.69, 9.17) is 0 Å². The van der Waals surface area contributed by atoms with Crippen molar-refractivity contribution in [2.75, 3.05) is 38.0 Å². The molecule has 0 fully saturated rings. The average Bonchev–Trinajstić information content (AvgIpc) is 2.83. The molecule has 0 radical (unpaired) electrons. The lowest BCUT2D eigenvalue weighted by Gasteiger charge is -2.15. The van der Waals surface area contributed by atoms with Crippen molar-refractivity contribution in [3.05, 3.63) is 96.6 Å². The van der Waals surface area contributed by atoms with E-state index in [1.807, 2.05) is 111 Å². The van der Waals surface area contributed by atoms with E-state index in [2.05, 4.69) is 9.97 Å². The van der Waals surface area contributed by atoms with Crippen LogP contribution in [0.2, 0.25) is 0 Å². The molecule has 0 N–H and O–H groups in total. The van der Waals surface area contributed by atoms with Gasteiger partial charge in [-0.05, 0) is 47.5 Å². The number of anilines is 2. The zero-order chi connectivity index (χ0) is 22.7. The second-order valence-electron chi connectivity index (χ2n) is 8.01. The monoisotopic (exact) mass is 422 g/mol. The smallest absolute Gasteiger partial charge is 0.230 e. The van der Waals surface area contributed by atoms with Crippen LogP contribution in [-0.4, -0.2) is 43.9 Å². The highest BCUT2D eigenvalue weighted by Gasteiger charge is 2.21. The second kappa shape index (κ2) is 9.02. The zero-order valence-corrected chi connectivity index (χ0v) is 18.8. The molecule has 0 amide bonds. The molecule has 0 aliphatic carbocycles. The minimum Gasteiger partial charge on any atom is -0.378 e. The Kier molecular flexibility index (Phi) is 5.99. The molecule has 0 saturated carbocycles. The van der Waals surface area contributed by atoms with Crippen LogP contribution in [0.1, 0.15) is 16.2 Å². The van der Waals surface area contributed by atoms with Crippen LogP contribution < -0.4 is 9.80 Å². The number of aromatic nitrogens is 2. The van der Waals surface area contributed by atoms with Gasteiger partial charge >= 0.3 is 0 Å². The summed E-state index contributed by atoms with van der Waals surface area (Å²) in [5, 5.41) is 0. The van der Waals surface area contributed by atoms with Gasteiger partial charge in [0, 0.05) is 63.1 Å². The van der Waals surface area contributed by atoms with Crippen molar-refractivity contribution in [2.45, 2.75) is 0 Å². The van der Waals surface area contributed by atoms with Gasteiger partial charge in [-0.2, -0.15) is 0 Å². The fraction of sp³-hybridized carbons (Fsp3) is 0.148. The Morgan fingerprint density at radius 3 is 1.31 bits per heavy atom. The SMILES string of the molecule is CN(C)c1ccc(-c2cccnc2C(=O)c2ncccc2-c2ccc(N(C)C)cc2)cc1. The van der Waals surface area contributed by atoms with Gasteiger partial charge in [0.2, 0.25) is 5.78 Å². The highest BCUT2D eigenvalue weighted by Crippen LogP contribution is 2.30. The minimum atomic E-state index is -0.190. The largest absolute Gasteiger partial charge is 0.378 e. The molecule has 2 aromatic carbocycles. The first-order chi connectivity index (χ1) is 15.5. The summed E-state index contributed by atoms with van der Waals surface area (Å²) in [5.74, 6) is -0.190. The van der Waals surface area contributed by atoms with Crippen LogP contribution in [0, 0.1) is 0 Å². The molecule has 5 heteroatoms. The number of carbonyl (C=O) groups excluding carboxylic acids is 1. The third-order valence-electron chi connectivity index (χ3n) is 5.43. The summed E-state index contributed by atoms with van der Waals surface area (Å²) in [6, 6.07) is 23.8. The van der Waals surface area contributed by atoms with Gasteiger partial charge in [0.1, 0.15) is 11.4 Å². The minimum absolute atomic E-state index is 0.190. The molecule has 4 aromatic rings. The predicted molar refractivity (Wildman–Crippen MR) is 131 cm³/mol. The van der Waals surface area contributed by atoms with Gasteiger partial charge in [-0.25, -0.2) is 0 Å². The first-order valence-corrected chi connectivity index (χ1v) is 10.5. The molecule has 32 heavy (non-hydrogen) atoms. The summed E-state index contributed by atoms with van der Waals surface area (Å²) in [4.78, 5) is 26.6. The Hall–Kier alpha value is -3.99. The molecular weight excluding hydrogens is 396 g/mol. The molecule has 0 bridgehead atoms. The number of rotatable bonds is 6. The standard InChI is InChI=1S/C27H26N4O/c1-30(2)21-13-9-19(10-14-21)23-7-5-17-28-25(23)27(32)26-24(8-6-18-29-26)20-11-15-22(16-12-20)31(3)4/h5-18H,1-4H3. The van der Waals surface area contributed by atoms with Crippen LogP contribution in [0.25, 0.3) is 22.3 Å². The first kappa shape index (κ1) is 21.2. The van der Waals surface area contributed by atoms with Crippen LogP contribution in [0.5, 0.6) is 0 Å². The number of carbonyl (C=O) groups is 1. The predicted octanol–water partition coefficient (Wildman–Crippen LogP) is 5.17. The number of nitrogens with zero attached hydrogens (tertiary/aromatic N) is 4. The van der Waals surface area contributed by atoms with Crippen molar-refractivity contribution in [1.82, 2.24) is 9.97 Å². The molecule has 0 saturated heterocycles. The summed E-state index contributed by atoms with van der Waals surface area (Å²) in [7, 11) is 8.01. The van der Waals surface area contributed by atoms with Crippen LogP contribution >= 0.6 is 0 Å². The van der Waals surface area contributed by atoms with Crippen molar-refractivity contribution >= 4 is 17.2 Å². The third-order valence-corrected chi connectivity index (χ3v) is 5.43. The van der Waals surface area contributed by atoms with E-state index in [-0.39, 0.29) is 5.78 Å². The molecule has 2 aromatic heterocycles. The van der Waals surface area contributed by atoms with Gasteiger partial charge in [-0.15, -0.1) is 0 Å². The summed E-state index contributed by atoms with van der Waals surface area (Å²) in [5.41, 5.74) is 6.46. The van der Waals surface area contributed by atoms with E-state index in [0.29, 0.717) is 11.4 Å². The fourth-order valence-corrected chi connectivity index (χ4v) is 3.63. The summed E-state index contributed by atoms with van der Waals surface area (Å²) in [6.07, 6.45) is 3.30. The lowest BCUT2D eigenvalue weighted by Crippen LogP contribution is -2.11. The fourth-order valence-electron chi connectivity index (χ4n) is 3.63. The molecule has 2 heterocycles. The Morgan fingerprint density at radius 1 is 0.594 bits per heavy atom. The number of benzene rings is 2. The lowest BCUT2D eigenvalue weighted by atomic mass is 9.96. The molecule has 160 valence electrons. The summed E-state index contributed by atoms with van der Waals surface area (Å²) < 4.78 is 0. The van der Waals surface area contributed by atoms with Crippen molar-refractivity contribution in [3.8, 4) is 22.3 Å². The maximum atomic E-state index is 13.6. The van der Waals surface area contributed by atoms with Gasteiger partial charge < -0.3 is 9.80 Å². The molecule has 0 aliphatic rings. The Balaban J connectivity index is 1.75. The molecule has 0 atom stereocenters. The van der Waals surface area contributed by atoms with Gasteiger partial charge in [0.25, 0.3) is 0 Å². The molecule has 5 nitrogen and oxygen atoms in total.